The van der Waals surface area contributed by atoms with E-state index in [9.17, 15) is 0 Å². The third-order valence-electron chi connectivity index (χ3n) is 2.38. The van der Waals surface area contributed by atoms with E-state index in [2.05, 4.69) is 12.1 Å². The molecule has 0 saturated heterocycles. The molecule has 1 aromatic rings. The number of thioether (sulfide) groups is 1. The summed E-state index contributed by atoms with van der Waals surface area (Å²) in [5.41, 5.74) is 1.01. The molecule has 0 saturated carbocycles. The van der Waals surface area contributed by atoms with Crippen LogP contribution in [0.5, 0.6) is 0 Å². The summed E-state index contributed by atoms with van der Waals surface area (Å²) in [7, 11) is 0. The molecular formula is C11H8N2S. The summed E-state index contributed by atoms with van der Waals surface area (Å²) >= 11 is 1.67. The van der Waals surface area contributed by atoms with E-state index in [4.69, 9.17) is 10.5 Å². The highest BCUT2D eigenvalue weighted by molar-refractivity contribution is 7.99. The first-order chi connectivity index (χ1) is 6.86. The molecule has 0 spiro atoms. The molecule has 0 N–H and O–H groups in total. The molecule has 1 heterocycles. The molecule has 0 aliphatic carbocycles. The Kier molecular flexibility index (Phi) is 2.43. The molecule has 0 radical (unpaired) electrons. The van der Waals surface area contributed by atoms with Crippen LogP contribution in [0.25, 0.3) is 0 Å². The van der Waals surface area contributed by atoms with Crippen molar-refractivity contribution in [3.05, 3.63) is 29.8 Å². The van der Waals surface area contributed by atoms with Crippen LogP contribution in [0.15, 0.2) is 29.2 Å². The number of fused-ring (bicyclic) bond motifs is 1. The van der Waals surface area contributed by atoms with Gasteiger partial charge < -0.3 is 0 Å². The first-order valence-corrected chi connectivity index (χ1v) is 5.36. The maximum absolute atomic E-state index is 9.03. The van der Waals surface area contributed by atoms with Gasteiger partial charge in [-0.15, -0.1) is 11.8 Å². The molecule has 2 atom stereocenters. The molecule has 1 aromatic carbocycles. The molecule has 0 aromatic heterocycles. The van der Waals surface area contributed by atoms with Crippen molar-refractivity contribution >= 4 is 11.8 Å². The van der Waals surface area contributed by atoms with Crippen LogP contribution >= 0.6 is 11.8 Å². The van der Waals surface area contributed by atoms with Gasteiger partial charge in [-0.1, -0.05) is 18.2 Å². The Morgan fingerprint density at radius 2 is 2.00 bits per heavy atom. The van der Waals surface area contributed by atoms with Gasteiger partial charge in [0.25, 0.3) is 0 Å². The average Bonchev–Trinajstić information content (AvgIpc) is 2.27. The Morgan fingerprint density at radius 3 is 2.71 bits per heavy atom. The minimum Gasteiger partial charge on any atom is -0.198 e. The number of nitriles is 2. The van der Waals surface area contributed by atoms with E-state index in [1.54, 1.807) is 11.8 Å². The zero-order valence-electron chi connectivity index (χ0n) is 7.47. The molecule has 1 aliphatic heterocycles. The van der Waals surface area contributed by atoms with E-state index in [-0.39, 0.29) is 11.8 Å². The maximum Gasteiger partial charge on any atom is 0.0889 e. The van der Waals surface area contributed by atoms with Gasteiger partial charge >= 0.3 is 0 Å². The van der Waals surface area contributed by atoms with Crippen molar-refractivity contribution in [3.63, 3.8) is 0 Å². The fourth-order valence-electron chi connectivity index (χ4n) is 1.63. The molecule has 0 fully saturated rings. The van der Waals surface area contributed by atoms with Gasteiger partial charge in [-0.05, 0) is 11.6 Å². The van der Waals surface area contributed by atoms with Crippen molar-refractivity contribution in [2.24, 2.45) is 5.92 Å². The fraction of sp³-hybridized carbons (Fsp3) is 0.273. The molecule has 2 rings (SSSR count). The van der Waals surface area contributed by atoms with E-state index in [0.29, 0.717) is 0 Å². The van der Waals surface area contributed by atoms with Gasteiger partial charge in [0.05, 0.1) is 24.0 Å². The standard InChI is InChI=1S/C11H8N2S/c12-5-8-7-14-11-4-2-1-3-9(11)10(8)6-13/h1-4,8,10H,7H2/t8-,10+/m0/s1. The molecule has 0 bridgehead atoms. The van der Waals surface area contributed by atoms with Crippen molar-refractivity contribution in [2.75, 3.05) is 5.75 Å². The SMILES string of the molecule is N#C[C@H]1CSc2ccccc2[C@@H]1C#N. The molecule has 0 unspecified atom stereocenters. The number of benzene rings is 1. The van der Waals surface area contributed by atoms with E-state index in [1.807, 2.05) is 24.3 Å². The topological polar surface area (TPSA) is 47.6 Å². The number of rotatable bonds is 0. The lowest BCUT2D eigenvalue weighted by Gasteiger charge is -2.23. The quantitative estimate of drug-likeness (QED) is 0.646. The van der Waals surface area contributed by atoms with Gasteiger partial charge in [-0.25, -0.2) is 0 Å². The molecular weight excluding hydrogens is 192 g/mol. The van der Waals surface area contributed by atoms with Gasteiger partial charge in [0.2, 0.25) is 0 Å². The first kappa shape index (κ1) is 9.12. The summed E-state index contributed by atoms with van der Waals surface area (Å²) in [5, 5.41) is 17.9. The second kappa shape index (κ2) is 3.74. The third kappa shape index (κ3) is 1.36. The van der Waals surface area contributed by atoms with Gasteiger partial charge in [0, 0.05) is 10.6 Å². The van der Waals surface area contributed by atoms with Crippen LogP contribution in [-0.2, 0) is 0 Å². The largest absolute Gasteiger partial charge is 0.198 e. The van der Waals surface area contributed by atoms with Crippen LogP contribution in [0.2, 0.25) is 0 Å². The smallest absolute Gasteiger partial charge is 0.0889 e. The summed E-state index contributed by atoms with van der Waals surface area (Å²) < 4.78 is 0. The highest BCUT2D eigenvalue weighted by atomic mass is 32.2. The Hall–Kier alpha value is -1.45. The van der Waals surface area contributed by atoms with Gasteiger partial charge in [-0.3, -0.25) is 0 Å². The van der Waals surface area contributed by atoms with Crippen molar-refractivity contribution in [3.8, 4) is 12.1 Å². The lowest BCUT2D eigenvalue weighted by Crippen LogP contribution is -2.17. The van der Waals surface area contributed by atoms with Gasteiger partial charge in [-0.2, -0.15) is 10.5 Å². The minimum absolute atomic E-state index is 0.167. The van der Waals surface area contributed by atoms with Crippen LogP contribution < -0.4 is 0 Å². The first-order valence-electron chi connectivity index (χ1n) is 4.37. The summed E-state index contributed by atoms with van der Waals surface area (Å²) in [4.78, 5) is 1.14. The second-order valence-electron chi connectivity index (χ2n) is 3.19. The summed E-state index contributed by atoms with van der Waals surface area (Å²) in [6.07, 6.45) is 0. The molecule has 1 aliphatic rings. The predicted molar refractivity (Wildman–Crippen MR) is 54.6 cm³/mol. The van der Waals surface area contributed by atoms with Crippen LogP contribution in [0.4, 0.5) is 0 Å². The monoisotopic (exact) mass is 200 g/mol. The minimum atomic E-state index is -0.252. The van der Waals surface area contributed by atoms with Gasteiger partial charge in [0.15, 0.2) is 0 Å². The van der Waals surface area contributed by atoms with E-state index >= 15 is 0 Å². The van der Waals surface area contributed by atoms with E-state index in [1.165, 1.54) is 0 Å². The lowest BCUT2D eigenvalue weighted by molar-refractivity contribution is 0.654. The zero-order valence-corrected chi connectivity index (χ0v) is 8.29. The van der Waals surface area contributed by atoms with Crippen LogP contribution in [0.3, 0.4) is 0 Å². The molecule has 68 valence electrons. The number of nitrogens with zero attached hydrogens (tertiary/aromatic N) is 2. The van der Waals surface area contributed by atoms with Crippen molar-refractivity contribution < 1.29 is 0 Å². The fourth-order valence-corrected chi connectivity index (χ4v) is 2.80. The maximum atomic E-state index is 9.03. The van der Waals surface area contributed by atoms with Crippen LogP contribution in [0.1, 0.15) is 11.5 Å². The second-order valence-corrected chi connectivity index (χ2v) is 4.25. The van der Waals surface area contributed by atoms with Crippen LogP contribution in [0, 0.1) is 28.6 Å². The molecule has 14 heavy (non-hydrogen) atoms. The Balaban J connectivity index is 2.47. The van der Waals surface area contributed by atoms with E-state index < -0.39 is 0 Å². The third-order valence-corrected chi connectivity index (χ3v) is 3.59. The molecule has 0 amide bonds. The Morgan fingerprint density at radius 1 is 1.21 bits per heavy atom. The summed E-state index contributed by atoms with van der Waals surface area (Å²) in [5.74, 6) is 0.309. The zero-order chi connectivity index (χ0) is 9.97. The predicted octanol–water partition coefficient (Wildman–Crippen LogP) is 2.54. The normalized spacial score (nSPS) is 24.4. The highest BCUT2D eigenvalue weighted by Crippen LogP contribution is 2.40. The van der Waals surface area contributed by atoms with Gasteiger partial charge in [0.1, 0.15) is 0 Å². The van der Waals surface area contributed by atoms with E-state index in [0.717, 1.165) is 16.2 Å². The molecule has 3 heteroatoms. The highest BCUT2D eigenvalue weighted by Gasteiger charge is 2.29. The van der Waals surface area contributed by atoms with Crippen LogP contribution in [-0.4, -0.2) is 5.75 Å². The summed E-state index contributed by atoms with van der Waals surface area (Å²) in [6, 6.07) is 12.3. The molecule has 2 nitrogen and oxygen atoms in total. The van der Waals surface area contributed by atoms with Crippen molar-refractivity contribution in [1.29, 1.82) is 10.5 Å². The number of hydrogen-bond acceptors (Lipinski definition) is 3. The van der Waals surface area contributed by atoms with Crippen molar-refractivity contribution in [1.82, 2.24) is 0 Å². The summed E-state index contributed by atoms with van der Waals surface area (Å²) in [6.45, 7) is 0. The average molecular weight is 200 g/mol. The van der Waals surface area contributed by atoms with Crippen molar-refractivity contribution in [2.45, 2.75) is 10.8 Å². The Labute approximate surface area is 87.2 Å². The lowest BCUT2D eigenvalue weighted by atomic mass is 9.89. The number of hydrogen-bond donors (Lipinski definition) is 0. The Bertz CT molecular complexity index is 428.